The summed E-state index contributed by atoms with van der Waals surface area (Å²) in [7, 11) is 0. The molecule has 0 bridgehead atoms. The van der Waals surface area contributed by atoms with Gasteiger partial charge < -0.3 is 14.0 Å². The quantitative estimate of drug-likeness (QED) is 0.654. The van der Waals surface area contributed by atoms with Gasteiger partial charge in [0.25, 0.3) is 0 Å². The molecule has 1 aliphatic rings. The molecule has 4 nitrogen and oxygen atoms in total. The lowest BCUT2D eigenvalue weighted by Crippen LogP contribution is -2.38. The van der Waals surface area contributed by atoms with Gasteiger partial charge in [0, 0.05) is 48.3 Å². The van der Waals surface area contributed by atoms with Crippen molar-refractivity contribution in [2.75, 3.05) is 39.5 Å². The average molecular weight is 371 g/mol. The first kappa shape index (κ1) is 17.4. The first-order valence-electron chi connectivity index (χ1n) is 9.04. The Balaban J connectivity index is 1.40. The number of aromatic nitrogens is 1. The van der Waals surface area contributed by atoms with Crippen LogP contribution in [0.1, 0.15) is 5.56 Å². The van der Waals surface area contributed by atoms with Crippen molar-refractivity contribution in [3.05, 3.63) is 65.3 Å². The highest BCUT2D eigenvalue weighted by atomic mass is 35.5. The van der Waals surface area contributed by atoms with E-state index in [1.165, 1.54) is 16.5 Å². The van der Waals surface area contributed by atoms with Crippen LogP contribution in [0.15, 0.2) is 54.7 Å². The summed E-state index contributed by atoms with van der Waals surface area (Å²) in [5.74, 6) is 0.922. The normalized spacial score (nSPS) is 15.4. The second-order valence-corrected chi connectivity index (χ2v) is 7.03. The van der Waals surface area contributed by atoms with Gasteiger partial charge in [-0.25, -0.2) is 0 Å². The lowest BCUT2D eigenvalue weighted by molar-refractivity contribution is 0.0322. The number of benzene rings is 2. The maximum atomic E-state index is 6.09. The molecule has 2 heterocycles. The van der Waals surface area contributed by atoms with Crippen LogP contribution in [0.3, 0.4) is 0 Å². The molecule has 5 heteroatoms. The zero-order valence-corrected chi connectivity index (χ0v) is 15.5. The van der Waals surface area contributed by atoms with Crippen LogP contribution in [0.2, 0.25) is 5.02 Å². The van der Waals surface area contributed by atoms with Gasteiger partial charge in [0.2, 0.25) is 0 Å². The van der Waals surface area contributed by atoms with Crippen LogP contribution in [0.5, 0.6) is 5.75 Å². The third kappa shape index (κ3) is 4.21. The number of hydrogen-bond donors (Lipinski definition) is 0. The summed E-state index contributed by atoms with van der Waals surface area (Å²) in [5.41, 5.74) is 2.39. The molecule has 26 heavy (non-hydrogen) atoms. The standard InChI is InChI=1S/C21H23ClN2O2/c22-19-3-1-2-17(14-19)16-24-7-6-18-15-20(4-5-21(18)24)26-13-10-23-8-11-25-12-9-23/h1-7,14-15H,8-13,16H2. The molecule has 1 saturated heterocycles. The Labute approximate surface area is 158 Å². The molecular formula is C21H23ClN2O2. The number of fused-ring (bicyclic) bond motifs is 1. The van der Waals surface area contributed by atoms with Crippen molar-refractivity contribution in [2.24, 2.45) is 0 Å². The minimum atomic E-state index is 0.703. The lowest BCUT2D eigenvalue weighted by atomic mass is 10.2. The zero-order valence-electron chi connectivity index (χ0n) is 14.7. The third-order valence-electron chi connectivity index (χ3n) is 4.76. The highest BCUT2D eigenvalue weighted by Gasteiger charge is 2.10. The topological polar surface area (TPSA) is 26.6 Å². The molecule has 0 N–H and O–H groups in total. The van der Waals surface area contributed by atoms with E-state index in [1.807, 2.05) is 18.2 Å². The molecule has 1 aromatic heterocycles. The molecule has 0 amide bonds. The van der Waals surface area contributed by atoms with E-state index in [1.54, 1.807) is 0 Å². The van der Waals surface area contributed by atoms with E-state index < -0.39 is 0 Å². The summed E-state index contributed by atoms with van der Waals surface area (Å²) in [6, 6.07) is 16.4. The number of hydrogen-bond acceptors (Lipinski definition) is 3. The van der Waals surface area contributed by atoms with Crippen LogP contribution < -0.4 is 4.74 Å². The number of halogens is 1. The van der Waals surface area contributed by atoms with Crippen molar-refractivity contribution >= 4 is 22.5 Å². The van der Waals surface area contributed by atoms with Gasteiger partial charge >= 0.3 is 0 Å². The van der Waals surface area contributed by atoms with Crippen molar-refractivity contribution in [3.63, 3.8) is 0 Å². The SMILES string of the molecule is Clc1cccc(Cn2ccc3cc(OCCN4CCOCC4)ccc32)c1. The van der Waals surface area contributed by atoms with Crippen LogP contribution in [0.25, 0.3) is 10.9 Å². The molecule has 3 aromatic rings. The van der Waals surface area contributed by atoms with Crippen LogP contribution in [0.4, 0.5) is 0 Å². The van der Waals surface area contributed by atoms with E-state index in [9.17, 15) is 0 Å². The molecule has 2 aromatic carbocycles. The highest BCUT2D eigenvalue weighted by Crippen LogP contribution is 2.23. The first-order valence-corrected chi connectivity index (χ1v) is 9.42. The first-order chi connectivity index (χ1) is 12.8. The molecule has 136 valence electrons. The van der Waals surface area contributed by atoms with Gasteiger partial charge in [-0.05, 0) is 42.0 Å². The number of rotatable bonds is 6. The molecule has 0 saturated carbocycles. The van der Waals surface area contributed by atoms with Crippen molar-refractivity contribution in [1.29, 1.82) is 0 Å². The molecule has 0 radical (unpaired) electrons. The van der Waals surface area contributed by atoms with E-state index in [4.69, 9.17) is 21.1 Å². The van der Waals surface area contributed by atoms with Gasteiger partial charge in [0.1, 0.15) is 12.4 Å². The number of nitrogens with zero attached hydrogens (tertiary/aromatic N) is 2. The van der Waals surface area contributed by atoms with Crippen LogP contribution >= 0.6 is 11.6 Å². The monoisotopic (exact) mass is 370 g/mol. The van der Waals surface area contributed by atoms with Gasteiger partial charge in [0.15, 0.2) is 0 Å². The van der Waals surface area contributed by atoms with E-state index in [2.05, 4.69) is 46.0 Å². The number of morpholine rings is 1. The Morgan fingerprint density at radius 1 is 1.04 bits per heavy atom. The summed E-state index contributed by atoms with van der Waals surface area (Å²) < 4.78 is 13.6. The van der Waals surface area contributed by atoms with Gasteiger partial charge in [-0.3, -0.25) is 4.90 Å². The molecule has 0 aliphatic carbocycles. The van der Waals surface area contributed by atoms with Gasteiger partial charge in [-0.2, -0.15) is 0 Å². The summed E-state index contributed by atoms with van der Waals surface area (Å²) in [6.07, 6.45) is 2.11. The molecular weight excluding hydrogens is 348 g/mol. The van der Waals surface area contributed by atoms with Crippen molar-refractivity contribution in [3.8, 4) is 5.75 Å². The maximum Gasteiger partial charge on any atom is 0.120 e. The Morgan fingerprint density at radius 2 is 1.92 bits per heavy atom. The van der Waals surface area contributed by atoms with E-state index in [-0.39, 0.29) is 0 Å². The smallest absolute Gasteiger partial charge is 0.120 e. The van der Waals surface area contributed by atoms with Crippen molar-refractivity contribution < 1.29 is 9.47 Å². The summed E-state index contributed by atoms with van der Waals surface area (Å²) in [6.45, 7) is 6.09. The van der Waals surface area contributed by atoms with Crippen LogP contribution in [-0.4, -0.2) is 48.9 Å². The lowest BCUT2D eigenvalue weighted by Gasteiger charge is -2.26. The third-order valence-corrected chi connectivity index (χ3v) is 5.00. The number of ether oxygens (including phenoxy) is 2. The fourth-order valence-electron chi connectivity index (χ4n) is 3.36. The molecule has 0 unspecified atom stereocenters. The Kier molecular flexibility index (Phi) is 5.44. The van der Waals surface area contributed by atoms with Gasteiger partial charge in [-0.15, -0.1) is 0 Å². The maximum absolute atomic E-state index is 6.09. The van der Waals surface area contributed by atoms with Crippen LogP contribution in [-0.2, 0) is 11.3 Å². The van der Waals surface area contributed by atoms with E-state index in [0.717, 1.165) is 50.2 Å². The molecule has 4 rings (SSSR count). The highest BCUT2D eigenvalue weighted by molar-refractivity contribution is 6.30. The fourth-order valence-corrected chi connectivity index (χ4v) is 3.57. The minimum absolute atomic E-state index is 0.703. The largest absolute Gasteiger partial charge is 0.492 e. The summed E-state index contributed by atoms with van der Waals surface area (Å²) in [4.78, 5) is 2.38. The Hall–Kier alpha value is -2.01. The summed E-state index contributed by atoms with van der Waals surface area (Å²) >= 11 is 6.09. The van der Waals surface area contributed by atoms with Crippen molar-refractivity contribution in [1.82, 2.24) is 9.47 Å². The minimum Gasteiger partial charge on any atom is -0.492 e. The van der Waals surface area contributed by atoms with Crippen molar-refractivity contribution in [2.45, 2.75) is 6.54 Å². The predicted molar refractivity (Wildman–Crippen MR) is 105 cm³/mol. The Bertz CT molecular complexity index is 871. The predicted octanol–water partition coefficient (Wildman–Crippen LogP) is 4.05. The fraction of sp³-hybridized carbons (Fsp3) is 0.333. The van der Waals surface area contributed by atoms with Gasteiger partial charge in [0.05, 0.1) is 13.2 Å². The van der Waals surface area contributed by atoms with Crippen LogP contribution in [0, 0.1) is 0 Å². The van der Waals surface area contributed by atoms with Gasteiger partial charge in [-0.1, -0.05) is 23.7 Å². The van der Waals surface area contributed by atoms with E-state index in [0.29, 0.717) is 6.61 Å². The average Bonchev–Trinajstić information content (AvgIpc) is 3.05. The second kappa shape index (κ2) is 8.12. The second-order valence-electron chi connectivity index (χ2n) is 6.60. The molecule has 1 aliphatic heterocycles. The summed E-state index contributed by atoms with van der Waals surface area (Å²) in [5, 5.41) is 1.96. The Morgan fingerprint density at radius 3 is 2.77 bits per heavy atom. The molecule has 1 fully saturated rings. The molecule has 0 spiro atoms. The zero-order chi connectivity index (χ0) is 17.8. The van der Waals surface area contributed by atoms with E-state index >= 15 is 0 Å². The molecule has 0 atom stereocenters.